The molecular weight excluding hydrogens is 464 g/mol. The normalized spacial score (nSPS) is 23.4. The number of fused-ring (bicyclic) bond motifs is 2. The number of rotatable bonds is 12. The molecule has 3 atom stereocenters. The first-order valence-electron chi connectivity index (χ1n) is 13.6. The van der Waals surface area contributed by atoms with Gasteiger partial charge in [-0.15, -0.1) is 0 Å². The van der Waals surface area contributed by atoms with Crippen LogP contribution in [0.3, 0.4) is 0 Å². The summed E-state index contributed by atoms with van der Waals surface area (Å²) >= 11 is 0. The maximum Gasteiger partial charge on any atom is 0.338 e. The molecule has 37 heavy (non-hydrogen) atoms. The van der Waals surface area contributed by atoms with E-state index in [0.717, 1.165) is 55.4 Å². The predicted molar refractivity (Wildman–Crippen MR) is 145 cm³/mol. The van der Waals surface area contributed by atoms with Crippen LogP contribution in [-0.4, -0.2) is 31.3 Å². The minimum absolute atomic E-state index is 0.00278. The standard InChI is InChI=1S/C32H40O5/c1-5-29(33)36-21-9-7-6-8-20-35-27-16-14-24(15-17-27)23-10-12-25(13-11-23)30(34)37-28-22-26-18-19-32(28,4)31(26,2)3/h5,10-17,26,28H,1,6-9,18-22H2,2-4H3. The second-order valence-electron chi connectivity index (χ2n) is 11.2. The quantitative estimate of drug-likeness (QED) is 0.171. The van der Waals surface area contributed by atoms with E-state index < -0.39 is 0 Å². The zero-order chi connectivity index (χ0) is 26.5. The second-order valence-corrected chi connectivity index (χ2v) is 11.2. The molecule has 0 aromatic heterocycles. The number of esters is 2. The second kappa shape index (κ2) is 11.5. The van der Waals surface area contributed by atoms with Crippen molar-refractivity contribution in [1.82, 2.24) is 0 Å². The van der Waals surface area contributed by atoms with Crippen LogP contribution < -0.4 is 4.74 Å². The maximum absolute atomic E-state index is 12.9. The Morgan fingerprint density at radius 1 is 0.919 bits per heavy atom. The van der Waals surface area contributed by atoms with E-state index in [4.69, 9.17) is 14.2 Å². The van der Waals surface area contributed by atoms with Crippen LogP contribution in [-0.2, 0) is 14.3 Å². The molecule has 0 spiro atoms. The lowest BCUT2D eigenvalue weighted by atomic mass is 9.70. The van der Waals surface area contributed by atoms with Crippen LogP contribution >= 0.6 is 0 Å². The molecule has 2 bridgehead atoms. The van der Waals surface area contributed by atoms with E-state index >= 15 is 0 Å². The van der Waals surface area contributed by atoms with Gasteiger partial charge in [-0.2, -0.15) is 0 Å². The first kappa shape index (κ1) is 27.0. The van der Waals surface area contributed by atoms with Gasteiger partial charge in [-0.1, -0.05) is 51.6 Å². The predicted octanol–water partition coefficient (Wildman–Crippen LogP) is 7.39. The summed E-state index contributed by atoms with van der Waals surface area (Å²) < 4.78 is 16.9. The van der Waals surface area contributed by atoms with E-state index in [2.05, 4.69) is 27.4 Å². The number of benzene rings is 2. The third-order valence-corrected chi connectivity index (χ3v) is 8.99. The van der Waals surface area contributed by atoms with Crippen molar-refractivity contribution < 1.29 is 23.8 Å². The lowest BCUT2D eigenvalue weighted by Gasteiger charge is -2.38. The van der Waals surface area contributed by atoms with Gasteiger partial charge in [0.1, 0.15) is 11.9 Å². The van der Waals surface area contributed by atoms with Gasteiger partial charge in [0.05, 0.1) is 18.8 Å². The van der Waals surface area contributed by atoms with Crippen LogP contribution in [0.25, 0.3) is 11.1 Å². The first-order valence-corrected chi connectivity index (χ1v) is 13.6. The Kier molecular flexibility index (Phi) is 8.41. The van der Waals surface area contributed by atoms with Gasteiger partial charge in [0.25, 0.3) is 0 Å². The maximum atomic E-state index is 12.9. The highest BCUT2D eigenvalue weighted by molar-refractivity contribution is 5.90. The molecule has 0 radical (unpaired) electrons. The highest BCUT2D eigenvalue weighted by Crippen LogP contribution is 2.66. The molecule has 4 rings (SSSR count). The summed E-state index contributed by atoms with van der Waals surface area (Å²) in [5, 5.41) is 0. The third-order valence-electron chi connectivity index (χ3n) is 8.99. The number of hydrogen-bond acceptors (Lipinski definition) is 5. The summed E-state index contributed by atoms with van der Waals surface area (Å²) in [6.07, 6.45) is 8.37. The average molecular weight is 505 g/mol. The Hall–Kier alpha value is -3.08. The molecule has 3 unspecified atom stereocenters. The Balaban J connectivity index is 1.21. The molecule has 0 heterocycles. The van der Waals surface area contributed by atoms with Gasteiger partial charge in [0.2, 0.25) is 0 Å². The fourth-order valence-corrected chi connectivity index (χ4v) is 6.03. The molecule has 5 nitrogen and oxygen atoms in total. The lowest BCUT2D eigenvalue weighted by molar-refractivity contribution is -0.137. The van der Waals surface area contributed by atoms with Gasteiger partial charge in [-0.05, 0) is 91.7 Å². The van der Waals surface area contributed by atoms with E-state index in [1.807, 2.05) is 48.5 Å². The van der Waals surface area contributed by atoms with Crippen molar-refractivity contribution in [3.63, 3.8) is 0 Å². The molecule has 2 saturated carbocycles. The fourth-order valence-electron chi connectivity index (χ4n) is 6.03. The van der Waals surface area contributed by atoms with E-state index in [9.17, 15) is 9.59 Å². The van der Waals surface area contributed by atoms with Crippen LogP contribution in [0.5, 0.6) is 5.75 Å². The van der Waals surface area contributed by atoms with Crippen molar-refractivity contribution in [3.05, 3.63) is 66.7 Å². The molecule has 2 aliphatic rings. The van der Waals surface area contributed by atoms with Crippen LogP contribution in [0, 0.1) is 16.7 Å². The van der Waals surface area contributed by atoms with Crippen molar-refractivity contribution in [1.29, 1.82) is 0 Å². The van der Waals surface area contributed by atoms with Crippen molar-refractivity contribution in [2.75, 3.05) is 13.2 Å². The van der Waals surface area contributed by atoms with E-state index in [-0.39, 0.29) is 28.9 Å². The molecule has 2 fully saturated rings. The number of ether oxygens (including phenoxy) is 3. The Morgan fingerprint density at radius 2 is 1.54 bits per heavy atom. The van der Waals surface area contributed by atoms with Gasteiger partial charge in [0, 0.05) is 11.5 Å². The number of carbonyl (C=O) groups excluding carboxylic acids is 2. The molecule has 2 aromatic carbocycles. The Bertz CT molecular complexity index is 1090. The topological polar surface area (TPSA) is 61.8 Å². The van der Waals surface area contributed by atoms with Crippen molar-refractivity contribution >= 4 is 11.9 Å². The zero-order valence-electron chi connectivity index (χ0n) is 22.5. The minimum atomic E-state index is -0.366. The monoisotopic (exact) mass is 504 g/mol. The van der Waals surface area contributed by atoms with E-state index in [1.54, 1.807) is 0 Å². The third kappa shape index (κ3) is 5.92. The van der Waals surface area contributed by atoms with E-state index in [1.165, 1.54) is 12.5 Å². The van der Waals surface area contributed by atoms with Crippen LogP contribution in [0.2, 0.25) is 0 Å². The van der Waals surface area contributed by atoms with Crippen molar-refractivity contribution in [2.24, 2.45) is 16.7 Å². The summed E-state index contributed by atoms with van der Waals surface area (Å²) in [5.41, 5.74) is 3.02. The SMILES string of the molecule is C=CC(=O)OCCCCCCOc1ccc(-c2ccc(C(=O)OC3CC4CCC3(C)C4(C)C)cc2)cc1. The molecular formula is C32H40O5. The lowest BCUT2D eigenvalue weighted by Crippen LogP contribution is -2.38. The first-order chi connectivity index (χ1) is 17.7. The summed E-state index contributed by atoms with van der Waals surface area (Å²) in [6.45, 7) is 11.4. The number of unbranched alkanes of at least 4 members (excludes halogenated alkanes) is 3. The Labute approximate surface area is 221 Å². The molecule has 0 N–H and O–H groups in total. The molecule has 2 aromatic rings. The van der Waals surface area contributed by atoms with Gasteiger partial charge in [-0.3, -0.25) is 0 Å². The molecule has 5 heteroatoms. The van der Waals surface area contributed by atoms with Gasteiger partial charge in [-0.25, -0.2) is 9.59 Å². The van der Waals surface area contributed by atoms with Crippen LogP contribution in [0.15, 0.2) is 61.2 Å². The molecule has 0 amide bonds. The van der Waals surface area contributed by atoms with Crippen LogP contribution in [0.4, 0.5) is 0 Å². The molecule has 2 aliphatic carbocycles. The van der Waals surface area contributed by atoms with Crippen LogP contribution in [0.1, 0.15) is 76.1 Å². The fraction of sp³-hybridized carbons (Fsp3) is 0.500. The number of hydrogen-bond donors (Lipinski definition) is 0. The van der Waals surface area contributed by atoms with Gasteiger partial charge in [0.15, 0.2) is 0 Å². The number of carbonyl (C=O) groups is 2. The minimum Gasteiger partial charge on any atom is -0.494 e. The van der Waals surface area contributed by atoms with E-state index in [0.29, 0.717) is 24.7 Å². The van der Waals surface area contributed by atoms with Crippen molar-refractivity contribution in [3.8, 4) is 16.9 Å². The average Bonchev–Trinajstić information content (AvgIpc) is 3.24. The zero-order valence-corrected chi connectivity index (χ0v) is 22.5. The summed E-state index contributed by atoms with van der Waals surface area (Å²) in [6, 6.07) is 15.7. The van der Waals surface area contributed by atoms with Gasteiger partial charge < -0.3 is 14.2 Å². The molecule has 198 valence electrons. The highest BCUT2D eigenvalue weighted by atomic mass is 16.5. The summed E-state index contributed by atoms with van der Waals surface area (Å²) in [7, 11) is 0. The summed E-state index contributed by atoms with van der Waals surface area (Å²) in [4.78, 5) is 23.9. The highest BCUT2D eigenvalue weighted by Gasteiger charge is 2.62. The van der Waals surface area contributed by atoms with Gasteiger partial charge >= 0.3 is 11.9 Å². The summed E-state index contributed by atoms with van der Waals surface area (Å²) in [5.74, 6) is 0.897. The Morgan fingerprint density at radius 3 is 2.11 bits per heavy atom. The smallest absolute Gasteiger partial charge is 0.338 e. The molecule has 0 saturated heterocycles. The van der Waals surface area contributed by atoms with Crippen molar-refractivity contribution in [2.45, 2.75) is 71.8 Å². The molecule has 0 aliphatic heterocycles. The largest absolute Gasteiger partial charge is 0.494 e.